The summed E-state index contributed by atoms with van der Waals surface area (Å²) in [6.07, 6.45) is 7.02. The number of nitrogens with zero attached hydrogens (tertiary/aromatic N) is 1. The Labute approximate surface area is 112 Å². The van der Waals surface area contributed by atoms with Crippen LogP contribution in [0, 0.1) is 11.8 Å². The van der Waals surface area contributed by atoms with Crippen LogP contribution in [0.15, 0.2) is 5.38 Å². The van der Waals surface area contributed by atoms with Crippen molar-refractivity contribution in [3.63, 3.8) is 0 Å². The molecule has 100 valence electrons. The van der Waals surface area contributed by atoms with E-state index in [1.165, 1.54) is 10.7 Å². The molecule has 1 aliphatic carbocycles. The first-order valence-corrected chi connectivity index (χ1v) is 7.73. The van der Waals surface area contributed by atoms with E-state index in [-0.39, 0.29) is 5.92 Å². The first-order valence-electron chi connectivity index (χ1n) is 6.85. The highest BCUT2D eigenvalue weighted by molar-refractivity contribution is 7.09. The van der Waals surface area contributed by atoms with Crippen LogP contribution in [0.3, 0.4) is 0 Å². The number of aryl methyl sites for hydroxylation is 1. The molecule has 1 heterocycles. The van der Waals surface area contributed by atoms with E-state index in [2.05, 4.69) is 17.3 Å². The molecule has 1 aromatic rings. The van der Waals surface area contributed by atoms with E-state index in [1.807, 2.05) is 0 Å². The van der Waals surface area contributed by atoms with Crippen molar-refractivity contribution in [2.45, 2.75) is 51.9 Å². The van der Waals surface area contributed by atoms with Gasteiger partial charge in [0.2, 0.25) is 0 Å². The lowest BCUT2D eigenvalue weighted by Crippen LogP contribution is -2.22. The molecule has 0 bridgehead atoms. The molecule has 4 heteroatoms. The van der Waals surface area contributed by atoms with Gasteiger partial charge in [-0.1, -0.05) is 13.3 Å². The molecule has 1 aromatic heterocycles. The topological polar surface area (TPSA) is 50.2 Å². The Morgan fingerprint density at radius 2 is 2.17 bits per heavy atom. The van der Waals surface area contributed by atoms with Crippen molar-refractivity contribution >= 4 is 17.3 Å². The average Bonchev–Trinajstić information content (AvgIpc) is 2.78. The Hall–Kier alpha value is -0.900. The van der Waals surface area contributed by atoms with Crippen LogP contribution in [0.5, 0.6) is 0 Å². The Morgan fingerprint density at radius 3 is 2.78 bits per heavy atom. The van der Waals surface area contributed by atoms with Gasteiger partial charge in [0.25, 0.3) is 0 Å². The quantitative estimate of drug-likeness (QED) is 0.888. The molecule has 0 amide bonds. The predicted octanol–water partition coefficient (Wildman–Crippen LogP) is 3.53. The molecule has 0 unspecified atom stereocenters. The van der Waals surface area contributed by atoms with Gasteiger partial charge in [-0.3, -0.25) is 4.79 Å². The molecule has 1 aliphatic rings. The van der Waals surface area contributed by atoms with Gasteiger partial charge in [0.05, 0.1) is 16.6 Å². The second-order valence-electron chi connectivity index (χ2n) is 5.24. The summed E-state index contributed by atoms with van der Waals surface area (Å²) in [6.45, 7) is 2.17. The van der Waals surface area contributed by atoms with Crippen molar-refractivity contribution in [3.8, 4) is 0 Å². The fourth-order valence-electron chi connectivity index (χ4n) is 2.67. The molecule has 1 N–H and O–H groups in total. The summed E-state index contributed by atoms with van der Waals surface area (Å²) in [4.78, 5) is 15.5. The summed E-state index contributed by atoms with van der Waals surface area (Å²) in [5.74, 6) is -0.0812. The van der Waals surface area contributed by atoms with Gasteiger partial charge in [-0.15, -0.1) is 11.3 Å². The van der Waals surface area contributed by atoms with Gasteiger partial charge in [0, 0.05) is 11.8 Å². The first kappa shape index (κ1) is 13.5. The number of thiazole rings is 1. The monoisotopic (exact) mass is 267 g/mol. The van der Waals surface area contributed by atoms with Crippen LogP contribution < -0.4 is 0 Å². The molecule has 0 spiro atoms. The fraction of sp³-hybridized carbons (Fsp3) is 0.714. The normalized spacial score (nSPS) is 24.1. The van der Waals surface area contributed by atoms with Crippen LogP contribution in [0.4, 0.5) is 0 Å². The van der Waals surface area contributed by atoms with Gasteiger partial charge < -0.3 is 5.11 Å². The number of carboxylic acids is 1. The number of aromatic nitrogens is 1. The number of rotatable bonds is 5. The van der Waals surface area contributed by atoms with Crippen molar-refractivity contribution in [2.75, 3.05) is 0 Å². The summed E-state index contributed by atoms with van der Waals surface area (Å²) < 4.78 is 0. The van der Waals surface area contributed by atoms with E-state index >= 15 is 0 Å². The summed E-state index contributed by atoms with van der Waals surface area (Å²) in [6, 6.07) is 0. The third kappa shape index (κ3) is 3.55. The lowest BCUT2D eigenvalue weighted by atomic mass is 9.81. The highest BCUT2D eigenvalue weighted by Crippen LogP contribution is 2.31. The number of carbonyl (C=O) groups is 1. The zero-order valence-electron chi connectivity index (χ0n) is 10.9. The van der Waals surface area contributed by atoms with Crippen LogP contribution in [-0.2, 0) is 17.6 Å². The third-order valence-electron chi connectivity index (χ3n) is 3.76. The highest BCUT2D eigenvalue weighted by Gasteiger charge is 2.26. The van der Waals surface area contributed by atoms with Gasteiger partial charge in [0.1, 0.15) is 0 Å². The summed E-state index contributed by atoms with van der Waals surface area (Å²) in [5, 5.41) is 12.4. The molecule has 0 radical (unpaired) electrons. The van der Waals surface area contributed by atoms with Crippen LogP contribution >= 0.6 is 11.3 Å². The Morgan fingerprint density at radius 1 is 1.44 bits per heavy atom. The molecule has 0 aliphatic heterocycles. The molecule has 2 rings (SSSR count). The SMILES string of the molecule is CCCc1csc(CC2CCC(C(=O)O)CC2)n1. The first-order chi connectivity index (χ1) is 8.69. The molecule has 1 saturated carbocycles. The smallest absolute Gasteiger partial charge is 0.306 e. The Kier molecular flexibility index (Phi) is 4.75. The number of hydrogen-bond acceptors (Lipinski definition) is 3. The van der Waals surface area contributed by atoms with Crippen LogP contribution in [-0.4, -0.2) is 16.1 Å². The van der Waals surface area contributed by atoms with E-state index in [0.29, 0.717) is 5.92 Å². The average molecular weight is 267 g/mol. The molecule has 18 heavy (non-hydrogen) atoms. The molecule has 3 nitrogen and oxygen atoms in total. The molecule has 0 saturated heterocycles. The van der Waals surface area contributed by atoms with Crippen LogP contribution in [0.1, 0.15) is 49.7 Å². The van der Waals surface area contributed by atoms with E-state index < -0.39 is 5.97 Å². The third-order valence-corrected chi connectivity index (χ3v) is 4.68. The van der Waals surface area contributed by atoms with Crippen molar-refractivity contribution in [3.05, 3.63) is 16.1 Å². The zero-order chi connectivity index (χ0) is 13.0. The lowest BCUT2D eigenvalue weighted by Gasteiger charge is -2.25. The maximum Gasteiger partial charge on any atom is 0.306 e. The maximum atomic E-state index is 10.9. The number of carboxylic acid groups (broad SMARTS) is 1. The zero-order valence-corrected chi connectivity index (χ0v) is 11.7. The minimum atomic E-state index is -0.618. The van der Waals surface area contributed by atoms with E-state index in [1.54, 1.807) is 11.3 Å². The van der Waals surface area contributed by atoms with Crippen molar-refractivity contribution in [1.82, 2.24) is 4.98 Å². The van der Waals surface area contributed by atoms with Gasteiger partial charge >= 0.3 is 5.97 Å². The lowest BCUT2D eigenvalue weighted by molar-refractivity contribution is -0.143. The number of aliphatic carboxylic acids is 1. The van der Waals surface area contributed by atoms with Gasteiger partial charge in [-0.05, 0) is 38.0 Å². The van der Waals surface area contributed by atoms with Gasteiger partial charge in [-0.25, -0.2) is 4.98 Å². The largest absolute Gasteiger partial charge is 0.481 e. The van der Waals surface area contributed by atoms with Crippen molar-refractivity contribution < 1.29 is 9.90 Å². The van der Waals surface area contributed by atoms with Gasteiger partial charge in [-0.2, -0.15) is 0 Å². The number of hydrogen-bond donors (Lipinski definition) is 1. The molecule has 1 fully saturated rings. The minimum Gasteiger partial charge on any atom is -0.481 e. The minimum absolute atomic E-state index is 0.104. The Balaban J connectivity index is 1.81. The van der Waals surface area contributed by atoms with Crippen LogP contribution in [0.2, 0.25) is 0 Å². The molecule has 0 aromatic carbocycles. The Bertz CT molecular complexity index is 394. The van der Waals surface area contributed by atoms with E-state index in [0.717, 1.165) is 44.9 Å². The standard InChI is InChI=1S/C14H21NO2S/c1-2-3-12-9-18-13(15-12)8-10-4-6-11(7-5-10)14(16)17/h9-11H,2-8H2,1H3,(H,16,17). The maximum absolute atomic E-state index is 10.9. The second-order valence-corrected chi connectivity index (χ2v) is 6.19. The van der Waals surface area contributed by atoms with E-state index in [4.69, 9.17) is 5.11 Å². The van der Waals surface area contributed by atoms with Crippen LogP contribution in [0.25, 0.3) is 0 Å². The fourth-order valence-corrected chi connectivity index (χ4v) is 3.62. The summed E-state index contributed by atoms with van der Waals surface area (Å²) in [7, 11) is 0. The van der Waals surface area contributed by atoms with Gasteiger partial charge in [0.15, 0.2) is 0 Å². The molecular weight excluding hydrogens is 246 g/mol. The predicted molar refractivity (Wildman–Crippen MR) is 72.9 cm³/mol. The van der Waals surface area contributed by atoms with Crippen molar-refractivity contribution in [2.24, 2.45) is 11.8 Å². The molecule has 0 atom stereocenters. The van der Waals surface area contributed by atoms with E-state index in [9.17, 15) is 4.79 Å². The summed E-state index contributed by atoms with van der Waals surface area (Å²) >= 11 is 1.76. The highest BCUT2D eigenvalue weighted by atomic mass is 32.1. The second kappa shape index (κ2) is 6.32. The van der Waals surface area contributed by atoms with Crippen molar-refractivity contribution in [1.29, 1.82) is 0 Å². The molecular formula is C14H21NO2S. The summed E-state index contributed by atoms with van der Waals surface area (Å²) in [5.41, 5.74) is 1.22.